The van der Waals surface area contributed by atoms with Crippen molar-refractivity contribution in [3.05, 3.63) is 45.2 Å². The number of rotatable bonds is 5. The van der Waals surface area contributed by atoms with Crippen LogP contribution in [0.3, 0.4) is 0 Å². The Morgan fingerprint density at radius 3 is 2.58 bits per heavy atom. The van der Waals surface area contributed by atoms with Crippen molar-refractivity contribution in [1.29, 1.82) is 0 Å². The summed E-state index contributed by atoms with van der Waals surface area (Å²) in [6.45, 7) is 3.18. The van der Waals surface area contributed by atoms with E-state index in [0.717, 1.165) is 15.9 Å². The first-order valence-corrected chi connectivity index (χ1v) is 8.61. The van der Waals surface area contributed by atoms with Crippen LogP contribution < -0.4 is 5.56 Å². The molecule has 3 aromatic rings. The number of hydrogen-bond donors (Lipinski definition) is 2. The maximum absolute atomic E-state index is 13.1. The molecule has 0 bridgehead atoms. The number of fused-ring (bicyclic) bond motifs is 1. The molecular formula is C17H15N3O5S. The fraction of sp³-hybridized carbons (Fsp3) is 0.235. The quantitative estimate of drug-likeness (QED) is 0.704. The maximum atomic E-state index is 13.1. The Labute approximate surface area is 151 Å². The summed E-state index contributed by atoms with van der Waals surface area (Å²) < 4.78 is 1.10. The van der Waals surface area contributed by atoms with Crippen LogP contribution in [-0.2, 0) is 4.79 Å². The van der Waals surface area contributed by atoms with Crippen LogP contribution >= 0.6 is 11.3 Å². The monoisotopic (exact) mass is 373 g/mol. The molecule has 1 atom stereocenters. The molecule has 3 aromatic heterocycles. The fourth-order valence-corrected chi connectivity index (χ4v) is 3.84. The van der Waals surface area contributed by atoms with Gasteiger partial charge in [0.15, 0.2) is 5.82 Å². The van der Waals surface area contributed by atoms with Gasteiger partial charge in [-0.15, -0.1) is 11.3 Å². The highest BCUT2D eigenvalue weighted by Gasteiger charge is 2.28. The molecule has 3 rings (SSSR count). The summed E-state index contributed by atoms with van der Waals surface area (Å²) in [5, 5.41) is 19.0. The molecule has 0 radical (unpaired) electrons. The molecule has 0 saturated heterocycles. The summed E-state index contributed by atoms with van der Waals surface area (Å²) in [4.78, 5) is 45.1. The molecular weight excluding hydrogens is 358 g/mol. The molecule has 1 unspecified atom stereocenters. The Kier molecular flexibility index (Phi) is 4.56. The zero-order chi connectivity index (χ0) is 19.0. The van der Waals surface area contributed by atoms with E-state index in [9.17, 15) is 24.6 Å². The van der Waals surface area contributed by atoms with E-state index >= 15 is 0 Å². The van der Waals surface area contributed by atoms with E-state index in [1.54, 1.807) is 25.1 Å². The number of thiophene rings is 1. The highest BCUT2D eigenvalue weighted by atomic mass is 32.1. The van der Waals surface area contributed by atoms with Crippen LogP contribution in [0.2, 0.25) is 0 Å². The molecule has 3 heterocycles. The SMILES string of the molecule is CCC(C(=O)O)n1c(-c2ccccn2)nc2sc(C(=O)O)c(C)c2c1=O. The van der Waals surface area contributed by atoms with Crippen LogP contribution in [0.1, 0.15) is 34.6 Å². The Morgan fingerprint density at radius 2 is 2.04 bits per heavy atom. The number of nitrogens with zero attached hydrogens (tertiary/aromatic N) is 3. The largest absolute Gasteiger partial charge is 0.480 e. The predicted octanol–water partition coefficient (Wildman–Crippen LogP) is 2.56. The molecule has 0 aliphatic rings. The van der Waals surface area contributed by atoms with Gasteiger partial charge in [-0.05, 0) is 31.0 Å². The lowest BCUT2D eigenvalue weighted by atomic mass is 10.1. The second-order valence-corrected chi connectivity index (χ2v) is 6.63. The van der Waals surface area contributed by atoms with Crippen molar-refractivity contribution in [2.45, 2.75) is 26.3 Å². The normalized spacial score (nSPS) is 12.2. The second-order valence-electron chi connectivity index (χ2n) is 5.63. The number of aromatic carboxylic acids is 1. The van der Waals surface area contributed by atoms with Crippen LogP contribution in [0.5, 0.6) is 0 Å². The molecule has 0 amide bonds. The molecule has 0 aromatic carbocycles. The summed E-state index contributed by atoms with van der Waals surface area (Å²) in [6.07, 6.45) is 1.68. The van der Waals surface area contributed by atoms with Gasteiger partial charge >= 0.3 is 11.9 Å². The molecule has 0 spiro atoms. The average molecular weight is 373 g/mol. The molecule has 134 valence electrons. The van der Waals surface area contributed by atoms with Crippen molar-refractivity contribution in [2.24, 2.45) is 0 Å². The van der Waals surface area contributed by atoms with Gasteiger partial charge in [0, 0.05) is 6.20 Å². The van der Waals surface area contributed by atoms with Gasteiger partial charge in [-0.1, -0.05) is 13.0 Å². The summed E-state index contributed by atoms with van der Waals surface area (Å²) in [5.74, 6) is -2.21. The highest BCUT2D eigenvalue weighted by Crippen LogP contribution is 2.30. The molecule has 9 heteroatoms. The Bertz CT molecular complexity index is 1070. The van der Waals surface area contributed by atoms with Gasteiger partial charge in [-0.25, -0.2) is 14.6 Å². The fourth-order valence-electron chi connectivity index (χ4n) is 2.83. The second kappa shape index (κ2) is 6.68. The molecule has 0 aliphatic heterocycles. The Hall–Kier alpha value is -3.07. The zero-order valence-electron chi connectivity index (χ0n) is 14.0. The van der Waals surface area contributed by atoms with Crippen molar-refractivity contribution in [2.75, 3.05) is 0 Å². The zero-order valence-corrected chi connectivity index (χ0v) is 14.8. The minimum Gasteiger partial charge on any atom is -0.480 e. The lowest BCUT2D eigenvalue weighted by Gasteiger charge is -2.18. The van der Waals surface area contributed by atoms with Crippen molar-refractivity contribution in [3.63, 3.8) is 0 Å². The van der Waals surface area contributed by atoms with E-state index in [-0.39, 0.29) is 32.9 Å². The minimum absolute atomic E-state index is 0.0118. The lowest BCUT2D eigenvalue weighted by Crippen LogP contribution is -2.32. The summed E-state index contributed by atoms with van der Waals surface area (Å²) in [6, 6.07) is 3.88. The minimum atomic E-state index is -1.17. The third kappa shape index (κ3) is 2.76. The first-order valence-electron chi connectivity index (χ1n) is 7.79. The van der Waals surface area contributed by atoms with Crippen LogP contribution in [0.4, 0.5) is 0 Å². The van der Waals surface area contributed by atoms with Crippen LogP contribution in [0, 0.1) is 6.92 Å². The van der Waals surface area contributed by atoms with Gasteiger partial charge in [-0.3, -0.25) is 14.3 Å². The van der Waals surface area contributed by atoms with Crippen LogP contribution in [-0.4, -0.2) is 36.7 Å². The topological polar surface area (TPSA) is 122 Å². The van der Waals surface area contributed by atoms with Gasteiger partial charge in [0.25, 0.3) is 5.56 Å². The molecule has 0 saturated carbocycles. The van der Waals surface area contributed by atoms with Crippen LogP contribution in [0.25, 0.3) is 21.7 Å². The van der Waals surface area contributed by atoms with E-state index in [4.69, 9.17) is 0 Å². The predicted molar refractivity (Wildman–Crippen MR) is 95.8 cm³/mol. The molecule has 0 fully saturated rings. The summed E-state index contributed by atoms with van der Waals surface area (Å²) in [7, 11) is 0. The first-order chi connectivity index (χ1) is 12.4. The highest BCUT2D eigenvalue weighted by molar-refractivity contribution is 7.20. The number of hydrogen-bond acceptors (Lipinski definition) is 6. The van der Waals surface area contributed by atoms with E-state index in [1.165, 1.54) is 13.1 Å². The van der Waals surface area contributed by atoms with Crippen LogP contribution in [0.15, 0.2) is 29.2 Å². The maximum Gasteiger partial charge on any atom is 0.346 e. The van der Waals surface area contributed by atoms with Gasteiger partial charge < -0.3 is 10.2 Å². The number of carboxylic acid groups (broad SMARTS) is 2. The number of aryl methyl sites for hydroxylation is 1. The Balaban J connectivity index is 2.46. The lowest BCUT2D eigenvalue weighted by molar-refractivity contribution is -0.141. The van der Waals surface area contributed by atoms with E-state index in [1.807, 2.05) is 0 Å². The van der Waals surface area contributed by atoms with Crippen molar-refractivity contribution in [3.8, 4) is 11.5 Å². The number of carboxylic acids is 2. The molecule has 2 N–H and O–H groups in total. The van der Waals surface area contributed by atoms with Gasteiger partial charge in [0.2, 0.25) is 0 Å². The number of pyridine rings is 1. The van der Waals surface area contributed by atoms with E-state index < -0.39 is 23.5 Å². The molecule has 8 nitrogen and oxygen atoms in total. The van der Waals surface area contributed by atoms with Crippen molar-refractivity contribution < 1.29 is 19.8 Å². The van der Waals surface area contributed by atoms with Gasteiger partial charge in [-0.2, -0.15) is 0 Å². The summed E-state index contributed by atoms with van der Waals surface area (Å²) >= 11 is 0.892. The first kappa shape index (κ1) is 17.7. The van der Waals surface area contributed by atoms with E-state index in [2.05, 4.69) is 9.97 Å². The third-order valence-electron chi connectivity index (χ3n) is 4.07. The average Bonchev–Trinajstić information content (AvgIpc) is 2.95. The summed E-state index contributed by atoms with van der Waals surface area (Å²) in [5.41, 5.74) is 0.0526. The number of aromatic nitrogens is 3. The smallest absolute Gasteiger partial charge is 0.346 e. The van der Waals surface area contributed by atoms with Crippen molar-refractivity contribution >= 4 is 33.5 Å². The third-order valence-corrected chi connectivity index (χ3v) is 5.24. The molecule has 26 heavy (non-hydrogen) atoms. The molecule has 0 aliphatic carbocycles. The number of carbonyl (C=O) groups is 2. The standard InChI is InChI=1S/C17H15N3O5S/c1-3-10(16(22)23)20-13(9-6-4-5-7-18-9)19-14-11(15(20)21)8(2)12(26-14)17(24)25/h4-7,10H,3H2,1-2H3,(H,22,23)(H,24,25). The number of aliphatic carboxylic acids is 1. The van der Waals surface area contributed by atoms with Gasteiger partial charge in [0.05, 0.1) is 5.39 Å². The van der Waals surface area contributed by atoms with E-state index in [0.29, 0.717) is 5.69 Å². The Morgan fingerprint density at radius 1 is 1.31 bits per heavy atom. The van der Waals surface area contributed by atoms with Crippen molar-refractivity contribution in [1.82, 2.24) is 14.5 Å². The van der Waals surface area contributed by atoms with Gasteiger partial charge in [0.1, 0.15) is 21.4 Å².